The first-order chi connectivity index (χ1) is 12.9. The Labute approximate surface area is 167 Å². The van der Waals surface area contributed by atoms with Gasteiger partial charge in [-0.05, 0) is 55.7 Å². The van der Waals surface area contributed by atoms with Crippen molar-refractivity contribution in [2.24, 2.45) is 0 Å². The van der Waals surface area contributed by atoms with Gasteiger partial charge in [-0.25, -0.2) is 4.98 Å². The monoisotopic (exact) mass is 426 g/mol. The zero-order valence-electron chi connectivity index (χ0n) is 15.5. The van der Waals surface area contributed by atoms with Crippen molar-refractivity contribution in [1.29, 1.82) is 0 Å². The molecule has 1 aliphatic rings. The fourth-order valence-corrected chi connectivity index (χ4v) is 3.95. The third-order valence-electron chi connectivity index (χ3n) is 5.11. The number of fused-ring (bicyclic) bond motifs is 1. The summed E-state index contributed by atoms with van der Waals surface area (Å²) in [6.45, 7) is 6.38. The molecule has 1 aromatic carbocycles. The summed E-state index contributed by atoms with van der Waals surface area (Å²) in [5.74, 6) is 0.754. The number of β-amino-alcohol motifs (C(OH)–C–C–N with tert-alkyl or cyclic N) is 1. The van der Waals surface area contributed by atoms with Crippen molar-refractivity contribution in [2.75, 3.05) is 18.4 Å². The molecular weight excluding hydrogens is 404 g/mol. The van der Waals surface area contributed by atoms with Crippen LogP contribution in [0.25, 0.3) is 10.9 Å². The quantitative estimate of drug-likeness (QED) is 0.647. The van der Waals surface area contributed by atoms with E-state index < -0.39 is 5.60 Å². The summed E-state index contributed by atoms with van der Waals surface area (Å²) in [6, 6.07) is 10.2. The SMILES string of the molecule is Cc1c(Br)cccc1Nc1nccc2cc(CN3CCC(C)(O)C3)cnc12. The third kappa shape index (κ3) is 3.98. The highest BCUT2D eigenvalue weighted by atomic mass is 79.9. The van der Waals surface area contributed by atoms with E-state index in [4.69, 9.17) is 0 Å². The van der Waals surface area contributed by atoms with Crippen molar-refractivity contribution >= 4 is 38.3 Å². The van der Waals surface area contributed by atoms with Crippen LogP contribution in [-0.4, -0.2) is 38.7 Å². The van der Waals surface area contributed by atoms with Gasteiger partial charge in [0.1, 0.15) is 5.52 Å². The largest absolute Gasteiger partial charge is 0.389 e. The summed E-state index contributed by atoms with van der Waals surface area (Å²) in [6.07, 6.45) is 4.54. The maximum Gasteiger partial charge on any atom is 0.156 e. The van der Waals surface area contributed by atoms with Crippen molar-refractivity contribution < 1.29 is 5.11 Å². The highest BCUT2D eigenvalue weighted by molar-refractivity contribution is 9.10. The molecule has 0 amide bonds. The van der Waals surface area contributed by atoms with Gasteiger partial charge < -0.3 is 10.4 Å². The lowest BCUT2D eigenvalue weighted by atomic mass is 10.1. The number of rotatable bonds is 4. The Bertz CT molecular complexity index is 989. The van der Waals surface area contributed by atoms with E-state index in [1.165, 1.54) is 0 Å². The van der Waals surface area contributed by atoms with Crippen molar-refractivity contribution in [3.63, 3.8) is 0 Å². The van der Waals surface area contributed by atoms with Gasteiger partial charge in [-0.2, -0.15) is 0 Å². The molecule has 2 N–H and O–H groups in total. The van der Waals surface area contributed by atoms with Gasteiger partial charge in [-0.1, -0.05) is 22.0 Å². The van der Waals surface area contributed by atoms with Gasteiger partial charge in [0.15, 0.2) is 5.82 Å². The van der Waals surface area contributed by atoms with E-state index in [0.29, 0.717) is 6.54 Å². The van der Waals surface area contributed by atoms with E-state index in [-0.39, 0.29) is 0 Å². The van der Waals surface area contributed by atoms with Gasteiger partial charge >= 0.3 is 0 Å². The van der Waals surface area contributed by atoms with Crippen LogP contribution in [0.15, 0.2) is 47.2 Å². The molecule has 27 heavy (non-hydrogen) atoms. The summed E-state index contributed by atoms with van der Waals surface area (Å²) >= 11 is 3.57. The second kappa shape index (κ2) is 7.19. The molecule has 5 nitrogen and oxygen atoms in total. The minimum atomic E-state index is -0.576. The van der Waals surface area contributed by atoms with Crippen LogP contribution < -0.4 is 5.32 Å². The van der Waals surface area contributed by atoms with Gasteiger partial charge in [-0.3, -0.25) is 9.88 Å². The Hall–Kier alpha value is -2.02. The Balaban J connectivity index is 1.60. The molecule has 6 heteroatoms. The number of anilines is 2. The average molecular weight is 427 g/mol. The first-order valence-corrected chi connectivity index (χ1v) is 9.91. The number of aromatic nitrogens is 2. The second-order valence-corrected chi connectivity index (χ2v) is 8.42. The van der Waals surface area contributed by atoms with Crippen molar-refractivity contribution in [2.45, 2.75) is 32.4 Å². The summed E-state index contributed by atoms with van der Waals surface area (Å²) in [7, 11) is 0. The van der Waals surface area contributed by atoms with Crippen molar-refractivity contribution in [1.82, 2.24) is 14.9 Å². The molecule has 0 radical (unpaired) electrons. The van der Waals surface area contributed by atoms with Gasteiger partial charge in [0.2, 0.25) is 0 Å². The van der Waals surface area contributed by atoms with E-state index in [1.54, 1.807) is 0 Å². The zero-order chi connectivity index (χ0) is 19.0. The Kier molecular flexibility index (Phi) is 4.88. The first kappa shape index (κ1) is 18.3. The molecule has 3 aromatic rings. The van der Waals surface area contributed by atoms with Crippen molar-refractivity contribution in [3.05, 3.63) is 58.3 Å². The summed E-state index contributed by atoms with van der Waals surface area (Å²) in [5.41, 5.74) is 3.57. The molecule has 1 fully saturated rings. The summed E-state index contributed by atoms with van der Waals surface area (Å²) in [5, 5.41) is 14.6. The minimum absolute atomic E-state index is 0.576. The van der Waals surface area contributed by atoms with Crippen LogP contribution in [0.4, 0.5) is 11.5 Å². The lowest BCUT2D eigenvalue weighted by Gasteiger charge is -2.19. The maximum absolute atomic E-state index is 10.2. The number of hydrogen-bond acceptors (Lipinski definition) is 5. The molecule has 1 atom stereocenters. The van der Waals surface area contributed by atoms with Gasteiger partial charge in [0.25, 0.3) is 0 Å². The lowest BCUT2D eigenvalue weighted by molar-refractivity contribution is 0.0679. The second-order valence-electron chi connectivity index (χ2n) is 7.57. The summed E-state index contributed by atoms with van der Waals surface area (Å²) in [4.78, 5) is 11.4. The number of pyridine rings is 2. The van der Waals surface area contributed by atoms with Gasteiger partial charge in [-0.15, -0.1) is 0 Å². The molecule has 0 saturated carbocycles. The molecule has 140 valence electrons. The average Bonchev–Trinajstić information content (AvgIpc) is 2.97. The molecular formula is C21H23BrN4O. The molecule has 2 aromatic heterocycles. The zero-order valence-corrected chi connectivity index (χ0v) is 17.1. The molecule has 1 unspecified atom stereocenters. The van der Waals surface area contributed by atoms with Crippen LogP contribution in [0.1, 0.15) is 24.5 Å². The Morgan fingerprint density at radius 3 is 2.93 bits per heavy atom. The maximum atomic E-state index is 10.2. The molecule has 1 saturated heterocycles. The number of benzene rings is 1. The number of likely N-dealkylation sites (tertiary alicyclic amines) is 1. The normalized spacial score (nSPS) is 20.3. The highest BCUT2D eigenvalue weighted by Crippen LogP contribution is 2.29. The van der Waals surface area contributed by atoms with Crippen LogP contribution in [0.3, 0.4) is 0 Å². The Morgan fingerprint density at radius 1 is 1.30 bits per heavy atom. The van der Waals surface area contributed by atoms with Gasteiger partial charge in [0.05, 0.1) is 5.60 Å². The van der Waals surface area contributed by atoms with E-state index in [2.05, 4.69) is 49.1 Å². The van der Waals surface area contributed by atoms with Crippen LogP contribution in [0.2, 0.25) is 0 Å². The predicted molar refractivity (Wildman–Crippen MR) is 112 cm³/mol. The van der Waals surface area contributed by atoms with E-state index in [9.17, 15) is 5.11 Å². The molecule has 0 aliphatic carbocycles. The topological polar surface area (TPSA) is 61.3 Å². The Morgan fingerprint density at radius 2 is 2.15 bits per heavy atom. The molecule has 0 bridgehead atoms. The fourth-order valence-electron chi connectivity index (χ4n) is 3.59. The highest BCUT2D eigenvalue weighted by Gasteiger charge is 2.31. The van der Waals surface area contributed by atoms with Crippen LogP contribution in [0.5, 0.6) is 0 Å². The fraction of sp³-hybridized carbons (Fsp3) is 0.333. The number of nitrogens with zero attached hydrogens (tertiary/aromatic N) is 3. The number of halogens is 1. The van der Waals surface area contributed by atoms with Crippen molar-refractivity contribution in [3.8, 4) is 0 Å². The molecule has 3 heterocycles. The van der Waals surface area contributed by atoms with E-state index >= 15 is 0 Å². The predicted octanol–water partition coefficient (Wildman–Crippen LogP) is 4.40. The summed E-state index contributed by atoms with van der Waals surface area (Å²) < 4.78 is 1.06. The molecule has 1 aliphatic heterocycles. The number of aliphatic hydroxyl groups is 1. The van der Waals surface area contributed by atoms with Crippen LogP contribution in [-0.2, 0) is 6.54 Å². The molecule has 0 spiro atoms. The standard InChI is InChI=1S/C21H23BrN4O/c1-14-17(22)4-3-5-18(14)25-20-19-16(6-8-23-20)10-15(11-24-19)12-26-9-7-21(2,27)13-26/h3-6,8,10-11,27H,7,9,12-13H2,1-2H3,(H,23,25). The van der Waals surface area contributed by atoms with E-state index in [0.717, 1.165) is 57.5 Å². The first-order valence-electron chi connectivity index (χ1n) is 9.12. The number of hydrogen-bond donors (Lipinski definition) is 2. The van der Waals surface area contributed by atoms with Crippen LogP contribution in [0, 0.1) is 6.92 Å². The number of nitrogens with one attached hydrogen (secondary N) is 1. The van der Waals surface area contributed by atoms with Gasteiger partial charge in [0, 0.05) is 47.6 Å². The third-order valence-corrected chi connectivity index (χ3v) is 5.97. The minimum Gasteiger partial charge on any atom is -0.389 e. The lowest BCUT2D eigenvalue weighted by Crippen LogP contribution is -2.29. The molecule has 4 rings (SSSR count). The smallest absolute Gasteiger partial charge is 0.156 e. The van der Waals surface area contributed by atoms with E-state index in [1.807, 2.05) is 43.6 Å². The van der Waals surface area contributed by atoms with Crippen LogP contribution >= 0.6 is 15.9 Å².